The Bertz CT molecular complexity index is 2440. The Morgan fingerprint density at radius 3 is 2.09 bits per heavy atom. The zero-order chi connectivity index (χ0) is 29.5. The van der Waals surface area contributed by atoms with E-state index in [9.17, 15) is 0 Å². The molecule has 3 aromatic heterocycles. The molecular formula is C40H23N3OS. The van der Waals surface area contributed by atoms with Crippen LogP contribution in [0.3, 0.4) is 0 Å². The van der Waals surface area contributed by atoms with E-state index < -0.39 is 5.41 Å². The Labute approximate surface area is 263 Å². The average molecular weight is 594 g/mol. The second-order valence-corrected chi connectivity index (χ2v) is 12.6. The van der Waals surface area contributed by atoms with Gasteiger partial charge in [0.2, 0.25) is 0 Å². The van der Waals surface area contributed by atoms with Crippen LogP contribution < -0.4 is 4.74 Å². The third-order valence-electron chi connectivity index (χ3n) is 9.26. The maximum Gasteiger partial charge on any atom is 0.162 e. The maximum absolute atomic E-state index is 6.54. The lowest BCUT2D eigenvalue weighted by Crippen LogP contribution is -2.32. The van der Waals surface area contributed by atoms with E-state index in [1.54, 1.807) is 17.5 Å². The number of hydrogen-bond donors (Lipinski definition) is 0. The number of para-hydroxylation sites is 2. The van der Waals surface area contributed by atoms with E-state index in [4.69, 9.17) is 14.7 Å². The van der Waals surface area contributed by atoms with Crippen molar-refractivity contribution in [3.05, 3.63) is 162 Å². The highest BCUT2D eigenvalue weighted by Crippen LogP contribution is 2.62. The van der Waals surface area contributed by atoms with Crippen molar-refractivity contribution >= 4 is 31.6 Å². The Balaban J connectivity index is 1.31. The van der Waals surface area contributed by atoms with E-state index in [-0.39, 0.29) is 0 Å². The molecule has 0 unspecified atom stereocenters. The number of ether oxygens (including phenoxy) is 1. The average Bonchev–Trinajstić information content (AvgIpc) is 3.62. The third-order valence-corrected chi connectivity index (χ3v) is 10.4. The Morgan fingerprint density at radius 1 is 0.578 bits per heavy atom. The van der Waals surface area contributed by atoms with Gasteiger partial charge in [-0.3, -0.25) is 4.98 Å². The zero-order valence-corrected chi connectivity index (χ0v) is 24.8. The van der Waals surface area contributed by atoms with Gasteiger partial charge < -0.3 is 4.74 Å². The van der Waals surface area contributed by atoms with E-state index in [0.717, 1.165) is 55.0 Å². The number of pyridine rings is 1. The van der Waals surface area contributed by atoms with Crippen molar-refractivity contribution in [2.24, 2.45) is 0 Å². The molecule has 0 saturated carbocycles. The number of fused-ring (bicyclic) bond motifs is 12. The van der Waals surface area contributed by atoms with Crippen LogP contribution in [0.25, 0.3) is 54.1 Å². The van der Waals surface area contributed by atoms with E-state index in [1.807, 2.05) is 18.3 Å². The molecule has 8 aromatic rings. The molecule has 1 aliphatic carbocycles. The number of rotatable bonds is 2. The van der Waals surface area contributed by atoms with Crippen molar-refractivity contribution in [1.29, 1.82) is 0 Å². The van der Waals surface area contributed by atoms with Gasteiger partial charge in [0.05, 0.1) is 21.3 Å². The summed E-state index contributed by atoms with van der Waals surface area (Å²) < 4.78 is 8.82. The first-order valence-electron chi connectivity index (χ1n) is 15.0. The molecule has 0 amide bonds. The third kappa shape index (κ3) is 3.33. The summed E-state index contributed by atoms with van der Waals surface area (Å²) in [6.07, 6.45) is 3.62. The Morgan fingerprint density at radius 2 is 1.29 bits per heavy atom. The van der Waals surface area contributed by atoms with E-state index in [2.05, 4.69) is 120 Å². The summed E-state index contributed by atoms with van der Waals surface area (Å²) in [6, 6.07) is 45.1. The fraction of sp³-hybridized carbons (Fsp3) is 0.0250. The molecule has 1 aliphatic heterocycles. The smallest absolute Gasteiger partial charge is 0.162 e. The van der Waals surface area contributed by atoms with Crippen LogP contribution in [-0.4, -0.2) is 15.0 Å². The standard InChI is InChI=1S/C40H23N3OS/c1-3-13-29-26(11-1)27-20-19-24(22-32(27)40(29)30-14-4-6-16-33(30)44-34-17-7-5-15-31(34)40)36-38-37(28-12-2-8-18-35(28)45-38)43-39(42-36)25-10-9-21-41-23-25/h1-23H. The summed E-state index contributed by atoms with van der Waals surface area (Å²) >= 11 is 1.75. The summed E-state index contributed by atoms with van der Waals surface area (Å²) in [4.78, 5) is 14.8. The van der Waals surface area contributed by atoms with E-state index >= 15 is 0 Å². The van der Waals surface area contributed by atoms with Crippen molar-refractivity contribution in [1.82, 2.24) is 15.0 Å². The van der Waals surface area contributed by atoms with Gasteiger partial charge in [-0.15, -0.1) is 11.3 Å². The SMILES string of the molecule is c1cncc(-c2nc(-c3ccc4c(c3)C3(c5ccccc5Oc5ccccc53)c3ccccc3-4)c3sc4ccccc4c3n2)c1. The van der Waals surface area contributed by atoms with Crippen LogP contribution in [0.5, 0.6) is 11.5 Å². The van der Waals surface area contributed by atoms with Crippen molar-refractivity contribution in [3.8, 4) is 45.3 Å². The molecule has 2 aliphatic rings. The molecule has 0 atom stereocenters. The molecule has 5 aromatic carbocycles. The van der Waals surface area contributed by atoms with Crippen LogP contribution in [0.15, 0.2) is 140 Å². The molecule has 0 bridgehead atoms. The van der Waals surface area contributed by atoms with Crippen molar-refractivity contribution < 1.29 is 4.74 Å². The molecule has 0 saturated heterocycles. The van der Waals surface area contributed by atoms with Gasteiger partial charge in [0.15, 0.2) is 5.82 Å². The van der Waals surface area contributed by atoms with Gasteiger partial charge in [0.1, 0.15) is 11.5 Å². The summed E-state index contributed by atoms with van der Waals surface area (Å²) in [5.41, 5.74) is 10.6. The highest BCUT2D eigenvalue weighted by Gasteiger charge is 2.51. The first-order chi connectivity index (χ1) is 22.3. The van der Waals surface area contributed by atoms with Crippen LogP contribution >= 0.6 is 11.3 Å². The summed E-state index contributed by atoms with van der Waals surface area (Å²) in [7, 11) is 0. The highest BCUT2D eigenvalue weighted by atomic mass is 32.1. The lowest BCUT2D eigenvalue weighted by Gasteiger charge is -2.39. The van der Waals surface area contributed by atoms with E-state index in [0.29, 0.717) is 5.82 Å². The summed E-state index contributed by atoms with van der Waals surface area (Å²) in [6.45, 7) is 0. The molecule has 4 nitrogen and oxygen atoms in total. The first kappa shape index (κ1) is 24.8. The second-order valence-electron chi connectivity index (χ2n) is 11.6. The van der Waals surface area contributed by atoms with Gasteiger partial charge >= 0.3 is 0 Å². The summed E-state index contributed by atoms with van der Waals surface area (Å²) in [5.74, 6) is 2.45. The number of thiophene rings is 1. The molecule has 210 valence electrons. The predicted molar refractivity (Wildman–Crippen MR) is 181 cm³/mol. The number of benzene rings is 5. The molecule has 1 spiro atoms. The lowest BCUT2D eigenvalue weighted by atomic mass is 9.66. The maximum atomic E-state index is 6.54. The van der Waals surface area contributed by atoms with Gasteiger partial charge in [0, 0.05) is 44.7 Å². The normalized spacial score (nSPS) is 13.7. The van der Waals surface area contributed by atoms with Crippen molar-refractivity contribution in [2.45, 2.75) is 5.41 Å². The molecule has 0 radical (unpaired) electrons. The minimum atomic E-state index is -0.536. The molecule has 0 N–H and O–H groups in total. The van der Waals surface area contributed by atoms with Crippen LogP contribution in [0.4, 0.5) is 0 Å². The van der Waals surface area contributed by atoms with Gasteiger partial charge in [0.25, 0.3) is 0 Å². The minimum absolute atomic E-state index is 0.536. The largest absolute Gasteiger partial charge is 0.457 e. The lowest BCUT2D eigenvalue weighted by molar-refractivity contribution is 0.436. The molecule has 4 heterocycles. The minimum Gasteiger partial charge on any atom is -0.457 e. The first-order valence-corrected chi connectivity index (χ1v) is 15.8. The van der Waals surface area contributed by atoms with Crippen LogP contribution in [-0.2, 0) is 5.41 Å². The van der Waals surface area contributed by atoms with Gasteiger partial charge in [-0.05, 0) is 58.7 Å². The molecule has 45 heavy (non-hydrogen) atoms. The molecule has 5 heteroatoms. The monoisotopic (exact) mass is 593 g/mol. The molecular weight excluding hydrogens is 571 g/mol. The van der Waals surface area contributed by atoms with Gasteiger partial charge in [-0.25, -0.2) is 9.97 Å². The van der Waals surface area contributed by atoms with Gasteiger partial charge in [-0.2, -0.15) is 0 Å². The molecule has 0 fully saturated rings. The van der Waals surface area contributed by atoms with Crippen LogP contribution in [0.1, 0.15) is 22.3 Å². The number of nitrogens with zero attached hydrogens (tertiary/aromatic N) is 3. The van der Waals surface area contributed by atoms with E-state index in [1.165, 1.54) is 27.0 Å². The topological polar surface area (TPSA) is 47.9 Å². The number of aromatic nitrogens is 3. The predicted octanol–water partition coefficient (Wildman–Crippen LogP) is 10.0. The summed E-state index contributed by atoms with van der Waals surface area (Å²) in [5, 5.41) is 1.14. The Kier molecular flexibility index (Phi) is 5.05. The fourth-order valence-electron chi connectivity index (χ4n) is 7.41. The molecule has 10 rings (SSSR count). The van der Waals surface area contributed by atoms with Crippen LogP contribution in [0.2, 0.25) is 0 Å². The fourth-order valence-corrected chi connectivity index (χ4v) is 8.57. The Hall–Kier alpha value is -5.65. The van der Waals surface area contributed by atoms with Crippen molar-refractivity contribution in [3.63, 3.8) is 0 Å². The van der Waals surface area contributed by atoms with Crippen molar-refractivity contribution in [2.75, 3.05) is 0 Å². The van der Waals surface area contributed by atoms with Gasteiger partial charge in [-0.1, -0.05) is 91.0 Å². The quantitative estimate of drug-likeness (QED) is 0.200. The van der Waals surface area contributed by atoms with Crippen LogP contribution in [0, 0.1) is 0 Å². The second kappa shape index (κ2) is 9.18. The highest BCUT2D eigenvalue weighted by molar-refractivity contribution is 7.26. The number of hydrogen-bond acceptors (Lipinski definition) is 5. The zero-order valence-electron chi connectivity index (χ0n) is 23.9.